The lowest BCUT2D eigenvalue weighted by Crippen LogP contribution is -2.51. The first-order valence-electron chi connectivity index (χ1n) is 17.6. The Kier molecular flexibility index (Phi) is 7.73. The fourth-order valence-electron chi connectivity index (χ4n) is 11.9. The summed E-state index contributed by atoms with van der Waals surface area (Å²) in [7, 11) is 0. The van der Waals surface area contributed by atoms with Crippen molar-refractivity contribution in [2.75, 3.05) is 0 Å². The van der Waals surface area contributed by atoms with Crippen molar-refractivity contribution < 1.29 is 49.4 Å². The number of carboxylic acids is 1. The molecular weight excluding hydrogens is 628 g/mol. The van der Waals surface area contributed by atoms with Crippen molar-refractivity contribution in [3.8, 4) is 11.5 Å². The van der Waals surface area contributed by atoms with Crippen LogP contribution in [0.3, 0.4) is 0 Å². The first-order chi connectivity index (χ1) is 22.9. The van der Waals surface area contributed by atoms with Crippen LogP contribution >= 0.6 is 0 Å². The minimum Gasteiger partial charge on any atom is -0.504 e. The molecule has 264 valence electrons. The quantitative estimate of drug-likeness (QED) is 0.124. The molecule has 0 spiro atoms. The lowest BCUT2D eigenvalue weighted by atomic mass is 9.58. The van der Waals surface area contributed by atoms with Crippen molar-refractivity contribution in [1.29, 1.82) is 0 Å². The number of allylic oxidation sites excluding steroid dienone is 2. The molecule has 7 aliphatic rings. The summed E-state index contributed by atoms with van der Waals surface area (Å²) >= 11 is 0. The van der Waals surface area contributed by atoms with E-state index in [4.69, 9.17) is 24.8 Å². The minimum absolute atomic E-state index is 0.0486. The molecule has 2 bridgehead atoms. The summed E-state index contributed by atoms with van der Waals surface area (Å²) in [6.45, 7) is 12.2. The highest BCUT2D eigenvalue weighted by Crippen LogP contribution is 2.78. The third kappa shape index (κ3) is 4.69. The van der Waals surface area contributed by atoms with E-state index in [1.807, 2.05) is 27.7 Å². The normalized spacial score (nSPS) is 46.0. The number of fused-ring (bicyclic) bond motifs is 7. The minimum atomic E-state index is -1.06. The Balaban J connectivity index is 0.000000247. The van der Waals surface area contributed by atoms with Crippen LogP contribution in [0, 0.1) is 58.7 Å². The fraction of sp³-hybridized carbons (Fsp3) is 0.615. The molecule has 8 rings (SSSR count). The van der Waals surface area contributed by atoms with E-state index in [0.29, 0.717) is 18.4 Å². The molecule has 2 saturated heterocycles. The molecule has 49 heavy (non-hydrogen) atoms. The molecule has 0 unspecified atom stereocenters. The highest BCUT2D eigenvalue weighted by atomic mass is 16.6. The number of esters is 2. The van der Waals surface area contributed by atoms with Crippen molar-refractivity contribution in [1.82, 2.24) is 0 Å². The number of phenols is 2. The van der Waals surface area contributed by atoms with Gasteiger partial charge in [0.05, 0.1) is 23.0 Å². The highest BCUT2D eigenvalue weighted by Gasteiger charge is 2.78. The number of hydrogen-bond donors (Lipinski definition) is 5. The number of benzene rings is 1. The van der Waals surface area contributed by atoms with E-state index in [-0.39, 0.29) is 88.9 Å². The van der Waals surface area contributed by atoms with Crippen molar-refractivity contribution in [2.45, 2.75) is 90.6 Å². The SMILES string of the molecule is CC1=C[C@@H]2[C@H]3[C@H](C(C)=C4[C@H]5OC(=O)[C@@H](C)[C@@H]5CC[C@](C)(O)[C@@H]43)[C@@]13[C@@H]2[C@@](C)(O)CC[C@H]1[C@H](C)C(=O)O[C@@H]13.O=C(O)/C=C/c1ccc(O)c(O)c1. The molecule has 1 aromatic rings. The molecule has 10 nitrogen and oxygen atoms in total. The maximum atomic E-state index is 13.0. The second kappa shape index (κ2) is 11.2. The zero-order valence-corrected chi connectivity index (χ0v) is 28.9. The molecule has 0 radical (unpaired) electrons. The van der Waals surface area contributed by atoms with Crippen LogP contribution in [0.1, 0.15) is 72.8 Å². The van der Waals surface area contributed by atoms with Gasteiger partial charge < -0.3 is 35.0 Å². The van der Waals surface area contributed by atoms with Crippen LogP contribution in [0.25, 0.3) is 6.08 Å². The average Bonchev–Trinajstić information content (AvgIpc) is 3.73. The van der Waals surface area contributed by atoms with Crippen LogP contribution in [-0.2, 0) is 23.9 Å². The molecule has 2 aliphatic heterocycles. The molecule has 5 N–H and O–H groups in total. The number of hydrogen-bond acceptors (Lipinski definition) is 9. The van der Waals surface area contributed by atoms with Gasteiger partial charge >= 0.3 is 17.9 Å². The Labute approximate surface area is 286 Å². The first-order valence-corrected chi connectivity index (χ1v) is 17.6. The fourth-order valence-corrected chi connectivity index (χ4v) is 11.9. The molecule has 5 fully saturated rings. The highest BCUT2D eigenvalue weighted by molar-refractivity contribution is 5.85. The smallest absolute Gasteiger partial charge is 0.328 e. The van der Waals surface area contributed by atoms with Crippen LogP contribution in [0.5, 0.6) is 11.5 Å². The number of aliphatic hydroxyl groups is 2. The first kappa shape index (κ1) is 33.8. The van der Waals surface area contributed by atoms with Gasteiger partial charge in [0.25, 0.3) is 0 Å². The summed E-state index contributed by atoms with van der Waals surface area (Å²) in [4.78, 5) is 35.8. The zero-order valence-electron chi connectivity index (χ0n) is 28.9. The number of rotatable bonds is 2. The molecule has 3 saturated carbocycles. The Morgan fingerprint density at radius 2 is 1.53 bits per heavy atom. The molecule has 5 aliphatic carbocycles. The maximum Gasteiger partial charge on any atom is 0.328 e. The van der Waals surface area contributed by atoms with E-state index in [0.717, 1.165) is 24.5 Å². The van der Waals surface area contributed by atoms with Crippen LogP contribution < -0.4 is 0 Å². The van der Waals surface area contributed by atoms with Gasteiger partial charge in [0, 0.05) is 35.2 Å². The number of ether oxygens (including phenoxy) is 2. The number of carbonyl (C=O) groups is 3. The van der Waals surface area contributed by atoms with Gasteiger partial charge in [0.2, 0.25) is 0 Å². The Hall–Kier alpha value is -3.63. The van der Waals surface area contributed by atoms with Gasteiger partial charge in [0.15, 0.2) is 11.5 Å². The van der Waals surface area contributed by atoms with Crippen molar-refractivity contribution in [3.63, 3.8) is 0 Å². The van der Waals surface area contributed by atoms with Crippen LogP contribution in [-0.4, -0.2) is 66.9 Å². The predicted octanol–water partition coefficient (Wildman–Crippen LogP) is 5.00. The largest absolute Gasteiger partial charge is 0.504 e. The van der Waals surface area contributed by atoms with Gasteiger partial charge in [-0.05, 0) is 100 Å². The van der Waals surface area contributed by atoms with Crippen molar-refractivity contribution in [2.24, 2.45) is 58.7 Å². The van der Waals surface area contributed by atoms with E-state index in [9.17, 15) is 24.6 Å². The summed E-state index contributed by atoms with van der Waals surface area (Å²) in [6.07, 6.45) is 6.86. The molecular formula is C39H48O10. The standard InChI is InChI=1S/C30H40O6.C9H8O4/c1-12-11-18-20-21(30(12)24(18)29(6,34)10-8-17-14(3)27(32)36-25(17)30)15(4)19-22(20)28(5,33)9-7-16-13(2)26(31)35-23(16)19;10-7-3-1-6(5-8(7)11)2-4-9(12)13/h11,13-14,16-18,20-25,33-34H,7-10H2,1-6H3;1-5,10-11H,(H,12,13)/b;4-2+/t13-,14-,16-,17-,18+,20-,21-,22-,23-,24-,25-,28-,29-,30+;/m0./s1. The van der Waals surface area contributed by atoms with E-state index in [1.165, 1.54) is 35.4 Å². The molecule has 14 atom stereocenters. The van der Waals surface area contributed by atoms with E-state index < -0.39 is 22.6 Å². The number of phenolic OH excluding ortho intramolecular Hbond substituents is 2. The van der Waals surface area contributed by atoms with Gasteiger partial charge in [-0.2, -0.15) is 0 Å². The summed E-state index contributed by atoms with van der Waals surface area (Å²) in [5.74, 6) is -2.02. The lowest BCUT2D eigenvalue weighted by Gasteiger charge is -2.47. The number of carboxylic acid groups (broad SMARTS) is 1. The summed E-state index contributed by atoms with van der Waals surface area (Å²) < 4.78 is 12.4. The van der Waals surface area contributed by atoms with Gasteiger partial charge in [0.1, 0.15) is 12.2 Å². The Morgan fingerprint density at radius 3 is 2.20 bits per heavy atom. The van der Waals surface area contributed by atoms with Crippen LogP contribution in [0.15, 0.2) is 47.1 Å². The summed E-state index contributed by atoms with van der Waals surface area (Å²) in [6, 6.07) is 4.06. The van der Waals surface area contributed by atoms with E-state index in [2.05, 4.69) is 19.9 Å². The number of carbonyl (C=O) groups excluding carboxylic acids is 2. The maximum absolute atomic E-state index is 13.0. The van der Waals surface area contributed by atoms with E-state index in [1.54, 1.807) is 0 Å². The summed E-state index contributed by atoms with van der Waals surface area (Å²) in [5, 5.41) is 50.3. The Bertz CT molecular complexity index is 1700. The van der Waals surface area contributed by atoms with Gasteiger partial charge in [-0.25, -0.2) is 4.79 Å². The monoisotopic (exact) mass is 676 g/mol. The van der Waals surface area contributed by atoms with E-state index >= 15 is 0 Å². The van der Waals surface area contributed by atoms with Crippen LogP contribution in [0.4, 0.5) is 0 Å². The third-order valence-electron chi connectivity index (χ3n) is 13.8. The molecule has 0 amide bonds. The Morgan fingerprint density at radius 1 is 0.898 bits per heavy atom. The summed E-state index contributed by atoms with van der Waals surface area (Å²) in [5.41, 5.74) is 1.74. The van der Waals surface area contributed by atoms with Gasteiger partial charge in [-0.3, -0.25) is 9.59 Å². The predicted molar refractivity (Wildman–Crippen MR) is 178 cm³/mol. The third-order valence-corrected chi connectivity index (χ3v) is 13.8. The number of aliphatic carboxylic acids is 1. The average molecular weight is 677 g/mol. The second-order valence-electron chi connectivity index (χ2n) is 16.3. The lowest BCUT2D eigenvalue weighted by molar-refractivity contribution is -0.153. The second-order valence-corrected chi connectivity index (χ2v) is 16.3. The van der Waals surface area contributed by atoms with Gasteiger partial charge in [-0.1, -0.05) is 37.1 Å². The van der Waals surface area contributed by atoms with Crippen molar-refractivity contribution in [3.05, 3.63) is 52.6 Å². The van der Waals surface area contributed by atoms with Crippen LogP contribution in [0.2, 0.25) is 0 Å². The topological polar surface area (TPSA) is 171 Å². The zero-order chi connectivity index (χ0) is 35.5. The van der Waals surface area contributed by atoms with Crippen molar-refractivity contribution >= 4 is 24.0 Å². The molecule has 2 heterocycles. The molecule has 0 aromatic heterocycles. The van der Waals surface area contributed by atoms with Gasteiger partial charge in [-0.15, -0.1) is 0 Å². The molecule has 10 heteroatoms. The number of aromatic hydroxyl groups is 2. The molecule has 1 aromatic carbocycles.